The maximum absolute atomic E-state index is 11.6. The number of carbonyl (C=O) groups excluding carboxylic acids is 1. The Morgan fingerprint density at radius 1 is 1.52 bits per heavy atom. The van der Waals surface area contributed by atoms with E-state index in [1.807, 2.05) is 0 Å². The zero-order valence-electron chi connectivity index (χ0n) is 12.3. The first-order chi connectivity index (χ1) is 10.1. The zero-order valence-corrected chi connectivity index (χ0v) is 12.3. The van der Waals surface area contributed by atoms with Gasteiger partial charge in [-0.05, 0) is 31.9 Å². The van der Waals surface area contributed by atoms with Gasteiger partial charge in [-0.1, -0.05) is 0 Å². The third kappa shape index (κ3) is 2.49. The normalized spacial score (nSPS) is 31.0. The number of nitrogens with two attached hydrogens (primary N) is 1. The van der Waals surface area contributed by atoms with E-state index < -0.39 is 0 Å². The molecule has 2 aliphatic rings. The number of aromatic nitrogens is 1. The van der Waals surface area contributed by atoms with Gasteiger partial charge in [0.1, 0.15) is 5.82 Å². The maximum atomic E-state index is 11.6. The van der Waals surface area contributed by atoms with Crippen molar-refractivity contribution in [2.75, 3.05) is 19.0 Å². The molecule has 1 saturated carbocycles. The Kier molecular flexibility index (Phi) is 3.82. The number of hydrogen-bond acceptors (Lipinski definition) is 6. The average Bonchev–Trinajstić information content (AvgIpc) is 2.51. The van der Waals surface area contributed by atoms with Crippen molar-refractivity contribution in [1.29, 1.82) is 0 Å². The number of nitrogens with zero attached hydrogens (tertiary/aromatic N) is 1. The summed E-state index contributed by atoms with van der Waals surface area (Å²) in [5, 5.41) is 3.34. The van der Waals surface area contributed by atoms with Gasteiger partial charge in [0.15, 0.2) is 0 Å². The predicted molar refractivity (Wildman–Crippen MR) is 78.2 cm³/mol. The molecule has 0 spiro atoms. The van der Waals surface area contributed by atoms with Crippen LogP contribution in [0.15, 0.2) is 12.1 Å². The number of aryl methyl sites for hydroxylation is 1. The highest BCUT2D eigenvalue weighted by Gasteiger charge is 2.50. The van der Waals surface area contributed by atoms with Crippen molar-refractivity contribution < 1.29 is 14.3 Å². The van der Waals surface area contributed by atoms with Gasteiger partial charge >= 0.3 is 5.97 Å². The van der Waals surface area contributed by atoms with Crippen LogP contribution in [0.3, 0.4) is 0 Å². The molecule has 2 heterocycles. The zero-order chi connectivity index (χ0) is 15.0. The van der Waals surface area contributed by atoms with Crippen LogP contribution in [0.1, 0.15) is 28.9 Å². The molecule has 4 atom stereocenters. The summed E-state index contributed by atoms with van der Waals surface area (Å²) >= 11 is 0. The molecule has 1 saturated heterocycles. The van der Waals surface area contributed by atoms with Crippen LogP contribution in [0.5, 0.6) is 0 Å². The van der Waals surface area contributed by atoms with E-state index in [-0.39, 0.29) is 24.2 Å². The van der Waals surface area contributed by atoms with Gasteiger partial charge in [0.25, 0.3) is 0 Å². The summed E-state index contributed by atoms with van der Waals surface area (Å²) in [7, 11) is 1.36. The number of esters is 1. The lowest BCUT2D eigenvalue weighted by atomic mass is 9.68. The highest BCUT2D eigenvalue weighted by molar-refractivity contribution is 5.90. The molecule has 0 radical (unpaired) electrons. The van der Waals surface area contributed by atoms with E-state index in [9.17, 15) is 4.79 Å². The second kappa shape index (κ2) is 5.61. The molecular formula is C15H21N3O3. The summed E-state index contributed by atoms with van der Waals surface area (Å²) in [5.74, 6) is 0.794. The minimum absolute atomic E-state index is 0.0891. The molecule has 6 nitrogen and oxygen atoms in total. The Bertz CT molecular complexity index is 549. The lowest BCUT2D eigenvalue weighted by Crippen LogP contribution is -2.69. The molecule has 21 heavy (non-hydrogen) atoms. The van der Waals surface area contributed by atoms with Gasteiger partial charge < -0.3 is 20.5 Å². The average molecular weight is 291 g/mol. The minimum atomic E-state index is -0.373. The lowest BCUT2D eigenvalue weighted by molar-refractivity contribution is -0.104. The number of anilines is 1. The van der Waals surface area contributed by atoms with E-state index in [4.69, 9.17) is 15.2 Å². The lowest BCUT2D eigenvalue weighted by Gasteiger charge is -2.52. The molecule has 0 amide bonds. The second-order valence-electron chi connectivity index (χ2n) is 5.71. The van der Waals surface area contributed by atoms with Crippen LogP contribution >= 0.6 is 0 Å². The maximum Gasteiger partial charge on any atom is 0.339 e. The molecule has 1 aromatic rings. The number of hydrogen-bond donors (Lipinski definition) is 2. The van der Waals surface area contributed by atoms with Gasteiger partial charge in [0.2, 0.25) is 0 Å². The van der Waals surface area contributed by atoms with E-state index in [0.717, 1.165) is 19.4 Å². The van der Waals surface area contributed by atoms with Crippen molar-refractivity contribution in [3.05, 3.63) is 23.4 Å². The Hall–Kier alpha value is -1.66. The van der Waals surface area contributed by atoms with Gasteiger partial charge in [0, 0.05) is 18.6 Å². The highest BCUT2D eigenvalue weighted by atomic mass is 16.5. The van der Waals surface area contributed by atoms with Crippen molar-refractivity contribution in [2.45, 2.75) is 38.0 Å². The molecule has 3 N–H and O–H groups in total. The molecule has 114 valence electrons. The molecule has 6 heteroatoms. The molecule has 2 fully saturated rings. The predicted octanol–water partition coefficient (Wildman–Crippen LogP) is 1.09. The topological polar surface area (TPSA) is 86.5 Å². The van der Waals surface area contributed by atoms with Crippen LogP contribution in [0.4, 0.5) is 5.82 Å². The summed E-state index contributed by atoms with van der Waals surface area (Å²) < 4.78 is 10.5. The first-order valence-corrected chi connectivity index (χ1v) is 7.31. The van der Waals surface area contributed by atoms with Gasteiger partial charge in [-0.2, -0.15) is 0 Å². The largest absolute Gasteiger partial charge is 0.465 e. The fraction of sp³-hybridized carbons (Fsp3) is 0.600. The molecule has 1 aromatic heterocycles. The van der Waals surface area contributed by atoms with E-state index in [0.29, 0.717) is 23.0 Å². The number of nitrogens with one attached hydrogen (secondary N) is 1. The summed E-state index contributed by atoms with van der Waals surface area (Å²) in [4.78, 5) is 16.0. The molecular weight excluding hydrogens is 270 g/mol. The number of ether oxygens (including phenoxy) is 2. The van der Waals surface area contributed by atoms with Crippen molar-refractivity contribution >= 4 is 11.8 Å². The van der Waals surface area contributed by atoms with Crippen LogP contribution in [0, 0.1) is 12.8 Å². The van der Waals surface area contributed by atoms with Gasteiger partial charge in [-0.25, -0.2) is 9.78 Å². The number of rotatable bonds is 3. The van der Waals surface area contributed by atoms with Crippen LogP contribution < -0.4 is 11.1 Å². The van der Waals surface area contributed by atoms with Crippen molar-refractivity contribution in [1.82, 2.24) is 4.98 Å². The standard InChI is InChI=1S/C15H21N3O3/c1-8-9(15(19)20-2)5-6-11(17-8)18-13-12(16)10-4-3-7-21-14(10)13/h5-6,10,12-14H,3-4,7,16H2,1-2H3,(H,17,18). The van der Waals surface area contributed by atoms with Gasteiger partial charge in [-0.15, -0.1) is 0 Å². The molecule has 0 bridgehead atoms. The fourth-order valence-electron chi connectivity index (χ4n) is 3.26. The van der Waals surface area contributed by atoms with Crippen LogP contribution in [-0.2, 0) is 9.47 Å². The summed E-state index contributed by atoms with van der Waals surface area (Å²) in [6, 6.07) is 3.69. The highest BCUT2D eigenvalue weighted by Crippen LogP contribution is 2.38. The third-order valence-corrected chi connectivity index (χ3v) is 4.48. The smallest absolute Gasteiger partial charge is 0.339 e. The Morgan fingerprint density at radius 3 is 3.05 bits per heavy atom. The summed E-state index contributed by atoms with van der Waals surface area (Å²) in [6.07, 6.45) is 2.40. The quantitative estimate of drug-likeness (QED) is 0.811. The molecule has 1 aliphatic heterocycles. The molecule has 1 aliphatic carbocycles. The number of carbonyl (C=O) groups is 1. The monoisotopic (exact) mass is 291 g/mol. The Balaban J connectivity index is 1.71. The fourth-order valence-corrected chi connectivity index (χ4v) is 3.26. The van der Waals surface area contributed by atoms with Crippen LogP contribution in [0.25, 0.3) is 0 Å². The summed E-state index contributed by atoms with van der Waals surface area (Å²) in [5.41, 5.74) is 7.34. The SMILES string of the molecule is COC(=O)c1ccc(NC2C(N)C3CCCOC32)nc1C. The second-order valence-corrected chi connectivity index (χ2v) is 5.71. The summed E-state index contributed by atoms with van der Waals surface area (Å²) in [6.45, 7) is 2.60. The molecule has 3 rings (SSSR count). The van der Waals surface area contributed by atoms with E-state index in [1.165, 1.54) is 7.11 Å². The molecule has 0 aromatic carbocycles. The number of pyridine rings is 1. The van der Waals surface area contributed by atoms with E-state index in [2.05, 4.69) is 10.3 Å². The van der Waals surface area contributed by atoms with Crippen molar-refractivity contribution in [3.8, 4) is 0 Å². The van der Waals surface area contributed by atoms with Crippen molar-refractivity contribution in [3.63, 3.8) is 0 Å². The first kappa shape index (κ1) is 14.3. The van der Waals surface area contributed by atoms with Crippen molar-refractivity contribution in [2.24, 2.45) is 11.7 Å². The molecule has 4 unspecified atom stereocenters. The Labute approximate surface area is 124 Å². The minimum Gasteiger partial charge on any atom is -0.465 e. The van der Waals surface area contributed by atoms with E-state index in [1.54, 1.807) is 19.1 Å². The van der Waals surface area contributed by atoms with Gasteiger partial charge in [-0.3, -0.25) is 0 Å². The van der Waals surface area contributed by atoms with Gasteiger partial charge in [0.05, 0.1) is 30.5 Å². The van der Waals surface area contributed by atoms with Crippen LogP contribution in [0.2, 0.25) is 0 Å². The first-order valence-electron chi connectivity index (χ1n) is 7.31. The Morgan fingerprint density at radius 2 is 2.33 bits per heavy atom. The van der Waals surface area contributed by atoms with Crippen LogP contribution in [-0.4, -0.2) is 42.9 Å². The number of fused-ring (bicyclic) bond motifs is 1. The third-order valence-electron chi connectivity index (χ3n) is 4.48. The number of methoxy groups -OCH3 is 1. The van der Waals surface area contributed by atoms with E-state index >= 15 is 0 Å².